The van der Waals surface area contributed by atoms with Crippen molar-refractivity contribution >= 4 is 43.8 Å². The van der Waals surface area contributed by atoms with Crippen molar-refractivity contribution in [2.24, 2.45) is 10.3 Å². The van der Waals surface area contributed by atoms with E-state index in [1.54, 1.807) is 29.5 Å². The van der Waals surface area contributed by atoms with Gasteiger partial charge in [-0.2, -0.15) is 8.42 Å². The third-order valence-corrected chi connectivity index (χ3v) is 8.42. The van der Waals surface area contributed by atoms with Crippen LogP contribution in [0.4, 0.5) is 5.69 Å². The Morgan fingerprint density at radius 1 is 1.06 bits per heavy atom. The first-order valence-electron chi connectivity index (χ1n) is 11.0. The van der Waals surface area contributed by atoms with E-state index >= 15 is 0 Å². The largest absolute Gasteiger partial charge is 0.355 e. The van der Waals surface area contributed by atoms with Gasteiger partial charge in [0.2, 0.25) is 5.91 Å². The molecule has 8 nitrogen and oxygen atoms in total. The average molecular weight is 492 g/mol. The number of nitrogens with one attached hydrogen (secondary N) is 1. The number of carbonyl (C=O) groups excluding carboxylic acids is 1. The number of thiazole rings is 1. The van der Waals surface area contributed by atoms with Crippen LogP contribution in [0.25, 0.3) is 16.2 Å². The van der Waals surface area contributed by atoms with Crippen molar-refractivity contribution in [3.05, 3.63) is 71.9 Å². The van der Waals surface area contributed by atoms with Crippen LogP contribution in [0.1, 0.15) is 18.4 Å². The van der Waals surface area contributed by atoms with Gasteiger partial charge in [-0.15, -0.1) is 15.7 Å². The molecule has 2 aliphatic heterocycles. The number of amidine groups is 1. The standard InChI is InChI=1S/C24H21N5O3S2/c30-23(25-18-7-5-16(6-8-18)20-15-29-13-14-33-24(29)26-20)17-9-11-28(12-10-17)22-19-3-1-2-4-21(19)34(31,32)27-22/h1-8,13-15,17H,9-12H2,(H,25,30). The Balaban J connectivity index is 1.09. The molecule has 4 aromatic rings. The minimum absolute atomic E-state index is 0.0173. The maximum absolute atomic E-state index is 12.9. The number of fused-ring (bicyclic) bond motifs is 2. The van der Waals surface area contributed by atoms with E-state index in [1.807, 2.05) is 57.4 Å². The van der Waals surface area contributed by atoms with Crippen LogP contribution in [-0.2, 0) is 14.8 Å². The Morgan fingerprint density at radius 2 is 1.82 bits per heavy atom. The zero-order valence-electron chi connectivity index (χ0n) is 18.1. The highest BCUT2D eigenvalue weighted by molar-refractivity contribution is 7.90. The molecule has 0 saturated carbocycles. The molecule has 1 fully saturated rings. The van der Waals surface area contributed by atoms with Gasteiger partial charge >= 0.3 is 0 Å². The Morgan fingerprint density at radius 3 is 2.59 bits per heavy atom. The smallest absolute Gasteiger partial charge is 0.285 e. The number of rotatable bonds is 3. The zero-order valence-corrected chi connectivity index (χ0v) is 19.7. The van der Waals surface area contributed by atoms with Gasteiger partial charge in [0.15, 0.2) is 10.8 Å². The van der Waals surface area contributed by atoms with Crippen molar-refractivity contribution < 1.29 is 13.2 Å². The van der Waals surface area contributed by atoms with E-state index in [0.29, 0.717) is 37.3 Å². The molecule has 0 aliphatic carbocycles. The summed E-state index contributed by atoms with van der Waals surface area (Å²) in [6, 6.07) is 14.6. The highest BCUT2D eigenvalue weighted by Gasteiger charge is 2.34. The summed E-state index contributed by atoms with van der Waals surface area (Å²) in [7, 11) is -3.64. The monoisotopic (exact) mass is 491 g/mol. The van der Waals surface area contributed by atoms with Crippen LogP contribution >= 0.6 is 11.3 Å². The molecule has 0 atom stereocenters. The van der Waals surface area contributed by atoms with E-state index in [1.165, 1.54) is 0 Å². The fraction of sp³-hybridized carbons (Fsp3) is 0.208. The van der Waals surface area contributed by atoms with Gasteiger partial charge in [0, 0.05) is 53.6 Å². The molecule has 1 amide bonds. The summed E-state index contributed by atoms with van der Waals surface area (Å²) >= 11 is 1.59. The molecular weight excluding hydrogens is 470 g/mol. The van der Waals surface area contributed by atoms with Crippen molar-refractivity contribution in [2.75, 3.05) is 18.4 Å². The number of sulfonamides is 1. The topological polar surface area (TPSA) is 96.1 Å². The second-order valence-corrected chi connectivity index (χ2v) is 10.9. The van der Waals surface area contributed by atoms with Crippen molar-refractivity contribution in [1.82, 2.24) is 14.3 Å². The Bertz CT molecular complexity index is 1500. The average Bonchev–Trinajstić information content (AvgIpc) is 3.52. The summed E-state index contributed by atoms with van der Waals surface area (Å²) in [6.45, 7) is 1.16. The van der Waals surface area contributed by atoms with Gasteiger partial charge in [-0.05, 0) is 37.1 Å². The van der Waals surface area contributed by atoms with Crippen LogP contribution in [0.2, 0.25) is 0 Å². The van der Waals surface area contributed by atoms with Gasteiger partial charge in [0.05, 0.1) is 5.69 Å². The van der Waals surface area contributed by atoms with Crippen LogP contribution in [-0.4, -0.2) is 47.5 Å². The van der Waals surface area contributed by atoms with Crippen LogP contribution in [0.5, 0.6) is 0 Å². The van der Waals surface area contributed by atoms with Gasteiger partial charge in [0.25, 0.3) is 10.0 Å². The van der Waals surface area contributed by atoms with E-state index in [2.05, 4.69) is 14.7 Å². The van der Waals surface area contributed by atoms with E-state index in [0.717, 1.165) is 21.9 Å². The summed E-state index contributed by atoms with van der Waals surface area (Å²) in [6.07, 6.45) is 5.24. The summed E-state index contributed by atoms with van der Waals surface area (Å²) in [5, 5.41) is 5.02. The number of piperidine rings is 1. The lowest BCUT2D eigenvalue weighted by atomic mass is 9.95. The molecule has 34 heavy (non-hydrogen) atoms. The molecule has 4 heterocycles. The molecule has 10 heteroatoms. The minimum Gasteiger partial charge on any atom is -0.355 e. The molecular formula is C24H21N5O3S2. The number of nitrogens with zero attached hydrogens (tertiary/aromatic N) is 4. The van der Waals surface area contributed by atoms with Crippen LogP contribution < -0.4 is 5.32 Å². The van der Waals surface area contributed by atoms with E-state index in [4.69, 9.17) is 0 Å². The molecule has 1 N–H and O–H groups in total. The summed E-state index contributed by atoms with van der Waals surface area (Å²) in [5.41, 5.74) is 3.28. The Labute approximate surface area is 200 Å². The maximum atomic E-state index is 12.9. The number of anilines is 1. The second kappa shape index (κ2) is 8.07. The van der Waals surface area contributed by atoms with Crippen molar-refractivity contribution in [3.63, 3.8) is 0 Å². The number of imidazole rings is 1. The van der Waals surface area contributed by atoms with Crippen molar-refractivity contribution in [2.45, 2.75) is 17.7 Å². The van der Waals surface area contributed by atoms with E-state index < -0.39 is 10.0 Å². The fourth-order valence-corrected chi connectivity index (χ4v) is 6.43. The summed E-state index contributed by atoms with van der Waals surface area (Å²) < 4.78 is 30.7. The zero-order chi connectivity index (χ0) is 23.3. The summed E-state index contributed by atoms with van der Waals surface area (Å²) in [5.74, 6) is 0.338. The highest BCUT2D eigenvalue weighted by Crippen LogP contribution is 2.30. The Kier molecular flexibility index (Phi) is 5.00. The van der Waals surface area contributed by atoms with Crippen LogP contribution in [0.3, 0.4) is 0 Å². The third kappa shape index (κ3) is 3.68. The van der Waals surface area contributed by atoms with Gasteiger partial charge in [-0.25, -0.2) is 4.98 Å². The van der Waals surface area contributed by atoms with Gasteiger partial charge in [-0.3, -0.25) is 9.20 Å². The molecule has 0 radical (unpaired) electrons. The number of carbonyl (C=O) groups is 1. The first-order chi connectivity index (χ1) is 16.5. The van der Waals surface area contributed by atoms with Gasteiger partial charge in [-0.1, -0.05) is 24.3 Å². The predicted molar refractivity (Wildman–Crippen MR) is 132 cm³/mol. The maximum Gasteiger partial charge on any atom is 0.285 e. The van der Waals surface area contributed by atoms with E-state index in [-0.39, 0.29) is 16.7 Å². The molecule has 2 aromatic carbocycles. The Hall–Kier alpha value is -3.50. The lowest BCUT2D eigenvalue weighted by molar-refractivity contribution is -0.120. The highest BCUT2D eigenvalue weighted by atomic mass is 32.2. The molecule has 2 aliphatic rings. The fourth-order valence-electron chi connectivity index (χ4n) is 4.51. The van der Waals surface area contributed by atoms with Crippen LogP contribution in [0.15, 0.2) is 75.6 Å². The van der Waals surface area contributed by atoms with E-state index in [9.17, 15) is 13.2 Å². The second-order valence-electron chi connectivity index (χ2n) is 8.43. The lowest BCUT2D eigenvalue weighted by Gasteiger charge is -2.32. The minimum atomic E-state index is -3.64. The number of hydrogen-bond acceptors (Lipinski definition) is 6. The number of aromatic nitrogens is 2. The molecule has 2 aromatic heterocycles. The number of amides is 1. The van der Waals surface area contributed by atoms with Crippen LogP contribution in [0, 0.1) is 5.92 Å². The molecule has 6 rings (SSSR count). The number of hydrogen-bond donors (Lipinski definition) is 1. The molecule has 0 spiro atoms. The normalized spacial score (nSPS) is 17.5. The molecule has 172 valence electrons. The third-order valence-electron chi connectivity index (χ3n) is 6.32. The first-order valence-corrected chi connectivity index (χ1v) is 13.3. The lowest BCUT2D eigenvalue weighted by Crippen LogP contribution is -2.41. The van der Waals surface area contributed by atoms with Gasteiger partial charge < -0.3 is 10.2 Å². The number of likely N-dealkylation sites (tertiary alicyclic amines) is 1. The van der Waals surface area contributed by atoms with Crippen molar-refractivity contribution in [3.8, 4) is 11.3 Å². The number of benzene rings is 2. The summed E-state index contributed by atoms with van der Waals surface area (Å²) in [4.78, 5) is 20.6. The molecule has 0 bridgehead atoms. The van der Waals surface area contributed by atoms with Crippen molar-refractivity contribution in [1.29, 1.82) is 0 Å². The SMILES string of the molecule is O=C(Nc1ccc(-c2cn3ccsc3n2)cc1)C1CCN(C2=NS(=O)(=O)c3ccccc32)CC1. The predicted octanol–water partition coefficient (Wildman–Crippen LogP) is 3.86. The molecule has 1 saturated heterocycles. The first kappa shape index (κ1) is 21.1. The van der Waals surface area contributed by atoms with Gasteiger partial charge in [0.1, 0.15) is 4.90 Å². The quantitative estimate of drug-likeness (QED) is 0.469. The molecule has 0 unspecified atom stereocenters.